The summed E-state index contributed by atoms with van der Waals surface area (Å²) in [4.78, 5) is 7.22. The Bertz CT molecular complexity index is 1250. The molecule has 2 spiro atoms. The molecule has 7 rings (SSSR count). The molecule has 2 aromatic rings. The second-order valence-corrected chi connectivity index (χ2v) is 13.6. The summed E-state index contributed by atoms with van der Waals surface area (Å²) in [6.07, 6.45) is 21.8. The number of benzene rings is 1. The molecule has 190 valence electrons. The van der Waals surface area contributed by atoms with Gasteiger partial charge >= 0.3 is 0 Å². The van der Waals surface area contributed by atoms with E-state index in [1.54, 1.807) is 11.1 Å². The van der Waals surface area contributed by atoms with Gasteiger partial charge in [-0.1, -0.05) is 43.7 Å². The van der Waals surface area contributed by atoms with E-state index in [0.29, 0.717) is 28.2 Å². The van der Waals surface area contributed by atoms with Crippen LogP contribution < -0.4 is 0 Å². The van der Waals surface area contributed by atoms with Crippen molar-refractivity contribution in [2.45, 2.75) is 103 Å². The van der Waals surface area contributed by atoms with Crippen molar-refractivity contribution in [1.29, 1.82) is 0 Å². The number of hydrogen-bond donors (Lipinski definition) is 0. The number of allylic oxidation sites excluding steroid dienone is 4. The maximum Gasteiger partial charge on any atom is 0.0346 e. The summed E-state index contributed by atoms with van der Waals surface area (Å²) in [5.41, 5.74) is 6.43. The Labute approximate surface area is 218 Å². The minimum Gasteiger partial charge on any atom is -0.298 e. The number of pyridine rings is 1. The minimum atomic E-state index is 0.373. The van der Waals surface area contributed by atoms with Crippen LogP contribution in [-0.4, -0.2) is 28.5 Å². The van der Waals surface area contributed by atoms with Crippen LogP contribution in [0, 0.1) is 22.2 Å². The predicted octanol–water partition coefficient (Wildman–Crippen LogP) is 8.44. The fourth-order valence-electron chi connectivity index (χ4n) is 10.5. The zero-order valence-corrected chi connectivity index (χ0v) is 22.9. The van der Waals surface area contributed by atoms with Crippen LogP contribution in [0.15, 0.2) is 60.0 Å². The highest BCUT2D eigenvalue weighted by Crippen LogP contribution is 2.75. The Hall–Kier alpha value is -1.93. The highest BCUT2D eigenvalue weighted by atomic mass is 15.2. The van der Waals surface area contributed by atoms with Gasteiger partial charge in [-0.25, -0.2) is 0 Å². The molecule has 1 aromatic carbocycles. The Morgan fingerprint density at radius 1 is 1.08 bits per heavy atom. The van der Waals surface area contributed by atoms with Crippen LogP contribution in [0.3, 0.4) is 0 Å². The lowest BCUT2D eigenvalue weighted by molar-refractivity contribution is 0.0419. The third-order valence-electron chi connectivity index (χ3n) is 12.0. The largest absolute Gasteiger partial charge is 0.298 e. The first-order chi connectivity index (χ1) is 17.4. The molecule has 0 aliphatic heterocycles. The van der Waals surface area contributed by atoms with E-state index in [1.165, 1.54) is 75.1 Å². The minimum absolute atomic E-state index is 0.373. The van der Waals surface area contributed by atoms with Crippen molar-refractivity contribution < 1.29 is 0 Å². The van der Waals surface area contributed by atoms with Gasteiger partial charge in [-0.05, 0) is 135 Å². The highest BCUT2D eigenvalue weighted by Gasteiger charge is 2.65. The lowest BCUT2D eigenvalue weighted by Gasteiger charge is -2.55. The second-order valence-electron chi connectivity index (χ2n) is 13.6. The molecule has 0 radical (unpaired) electrons. The van der Waals surface area contributed by atoms with Gasteiger partial charge in [-0.3, -0.25) is 9.88 Å². The van der Waals surface area contributed by atoms with Gasteiger partial charge < -0.3 is 0 Å². The zero-order chi connectivity index (χ0) is 24.7. The van der Waals surface area contributed by atoms with E-state index in [-0.39, 0.29) is 0 Å². The molecule has 2 nitrogen and oxygen atoms in total. The monoisotopic (exact) mass is 480 g/mol. The standard InChI is InChI=1S/C34H44N2/c1-5-36(23(2)3)29-9-8-27-19-28-12-14-32(4)30(25-7-6-24-13-17-35-21-26(24)18-25)10-11-31(32)34(28)16-15-33(27,20-29)22-34/h6-7,12-13,17-19,21,23,29-31H,5,8-11,14-16,20,22H2,1-4H3/t29-,30+,31+,32?,33-,34+/m0/s1. The Balaban J connectivity index is 1.24. The molecule has 0 amide bonds. The Morgan fingerprint density at radius 2 is 1.97 bits per heavy atom. The van der Waals surface area contributed by atoms with Crippen molar-refractivity contribution in [3.63, 3.8) is 0 Å². The van der Waals surface area contributed by atoms with Gasteiger partial charge in [-0.2, -0.15) is 0 Å². The zero-order valence-electron chi connectivity index (χ0n) is 22.9. The molecule has 6 atom stereocenters. The third-order valence-corrected chi connectivity index (χ3v) is 12.0. The van der Waals surface area contributed by atoms with Crippen molar-refractivity contribution in [3.8, 4) is 0 Å². The fraction of sp³-hybridized carbons (Fsp3) is 0.618. The van der Waals surface area contributed by atoms with Crippen LogP contribution >= 0.6 is 0 Å². The molecule has 5 aliphatic rings. The number of aromatic nitrogens is 1. The summed E-state index contributed by atoms with van der Waals surface area (Å²) < 4.78 is 0. The summed E-state index contributed by atoms with van der Waals surface area (Å²) in [6, 6.07) is 10.8. The van der Waals surface area contributed by atoms with Crippen LogP contribution in [0.2, 0.25) is 0 Å². The Kier molecular flexibility index (Phi) is 5.18. The molecular formula is C34H44N2. The van der Waals surface area contributed by atoms with Crippen LogP contribution in [0.25, 0.3) is 10.8 Å². The molecule has 1 unspecified atom stereocenters. The first kappa shape index (κ1) is 23.2. The predicted molar refractivity (Wildman–Crippen MR) is 150 cm³/mol. The van der Waals surface area contributed by atoms with E-state index in [1.807, 2.05) is 11.8 Å². The van der Waals surface area contributed by atoms with E-state index >= 15 is 0 Å². The van der Waals surface area contributed by atoms with E-state index < -0.39 is 0 Å². The summed E-state index contributed by atoms with van der Waals surface area (Å²) in [5.74, 6) is 1.49. The SMILES string of the molecule is CCN(C(C)C)[C@H]1CCC2=CC3=CCC4(C)[C@@H](c5ccc6ccncc6c5)CC[C@H]4[C@@]34CC[C@]2(C1)C4. The molecule has 3 saturated carbocycles. The first-order valence-corrected chi connectivity index (χ1v) is 14.9. The van der Waals surface area contributed by atoms with Gasteiger partial charge in [0, 0.05) is 29.9 Å². The van der Waals surface area contributed by atoms with Gasteiger partial charge in [0.1, 0.15) is 0 Å². The van der Waals surface area contributed by atoms with Crippen molar-refractivity contribution in [1.82, 2.24) is 9.88 Å². The summed E-state index contributed by atoms with van der Waals surface area (Å²) in [5, 5.41) is 2.62. The molecule has 5 aliphatic carbocycles. The van der Waals surface area contributed by atoms with Gasteiger partial charge in [0.25, 0.3) is 0 Å². The van der Waals surface area contributed by atoms with Crippen molar-refractivity contribution in [2.75, 3.05) is 6.54 Å². The summed E-state index contributed by atoms with van der Waals surface area (Å²) in [7, 11) is 0. The first-order valence-electron chi connectivity index (χ1n) is 14.9. The maximum absolute atomic E-state index is 4.42. The average molecular weight is 481 g/mol. The second kappa shape index (κ2) is 8.03. The lowest BCUT2D eigenvalue weighted by Crippen LogP contribution is -2.49. The van der Waals surface area contributed by atoms with E-state index in [2.05, 4.69) is 80.2 Å². The van der Waals surface area contributed by atoms with Gasteiger partial charge in [-0.15, -0.1) is 0 Å². The maximum atomic E-state index is 4.42. The smallest absolute Gasteiger partial charge is 0.0346 e. The van der Waals surface area contributed by atoms with Crippen molar-refractivity contribution in [2.24, 2.45) is 22.2 Å². The normalized spacial score (nSPS) is 39.1. The van der Waals surface area contributed by atoms with E-state index in [4.69, 9.17) is 0 Å². The molecular weight excluding hydrogens is 436 g/mol. The summed E-state index contributed by atoms with van der Waals surface area (Å²) >= 11 is 0. The van der Waals surface area contributed by atoms with Crippen LogP contribution in [0.1, 0.15) is 97.0 Å². The fourth-order valence-corrected chi connectivity index (χ4v) is 10.5. The number of fused-ring (bicyclic) bond motifs is 2. The number of rotatable bonds is 4. The van der Waals surface area contributed by atoms with E-state index in [9.17, 15) is 0 Å². The quantitative estimate of drug-likeness (QED) is 0.436. The molecule has 36 heavy (non-hydrogen) atoms. The highest BCUT2D eigenvalue weighted by molar-refractivity contribution is 5.82. The molecule has 1 heterocycles. The molecule has 2 bridgehead atoms. The third kappa shape index (κ3) is 3.09. The topological polar surface area (TPSA) is 16.1 Å². The number of hydrogen-bond acceptors (Lipinski definition) is 2. The van der Waals surface area contributed by atoms with Crippen LogP contribution in [0.5, 0.6) is 0 Å². The Morgan fingerprint density at radius 3 is 2.81 bits per heavy atom. The van der Waals surface area contributed by atoms with Crippen LogP contribution in [0.4, 0.5) is 0 Å². The van der Waals surface area contributed by atoms with E-state index in [0.717, 1.165) is 12.0 Å². The van der Waals surface area contributed by atoms with Crippen molar-refractivity contribution >= 4 is 10.8 Å². The lowest BCUT2D eigenvalue weighted by atomic mass is 9.50. The summed E-state index contributed by atoms with van der Waals surface area (Å²) in [6.45, 7) is 11.0. The van der Waals surface area contributed by atoms with Gasteiger partial charge in [0.15, 0.2) is 0 Å². The average Bonchev–Trinajstić information content (AvgIpc) is 3.39. The van der Waals surface area contributed by atoms with Gasteiger partial charge in [0.2, 0.25) is 0 Å². The molecule has 1 aromatic heterocycles. The molecule has 0 saturated heterocycles. The van der Waals surface area contributed by atoms with Crippen LogP contribution in [-0.2, 0) is 0 Å². The molecule has 3 fully saturated rings. The molecule has 0 N–H and O–H groups in total. The number of nitrogens with zero attached hydrogens (tertiary/aromatic N) is 2. The van der Waals surface area contributed by atoms with Gasteiger partial charge in [0.05, 0.1) is 0 Å². The molecule has 2 heteroatoms. The van der Waals surface area contributed by atoms with Crippen molar-refractivity contribution in [3.05, 3.63) is 65.5 Å².